The van der Waals surface area contributed by atoms with E-state index in [2.05, 4.69) is 35.4 Å². The maximum atomic E-state index is 13.1. The van der Waals surface area contributed by atoms with E-state index in [1.807, 2.05) is 48.2 Å². The van der Waals surface area contributed by atoms with Gasteiger partial charge >= 0.3 is 0 Å². The van der Waals surface area contributed by atoms with E-state index in [-0.39, 0.29) is 23.3 Å². The number of hydrogen-bond donors (Lipinski definition) is 2. The standard InChI is InChI=1S/C26H28N4O2/c1-15(17-5-8-20(9-6-17)27-16(2)31)30-14-19-11-18(7-10-21(19)25(30)32)24-22-12-26(3,4)13-23(22)28-29-24/h5-11,15H,12-14H2,1-4H3,(H,27,31)(H,28,29)/t15-/m1/s1. The first-order chi connectivity index (χ1) is 15.2. The van der Waals surface area contributed by atoms with Gasteiger partial charge in [0.1, 0.15) is 0 Å². The first-order valence-electron chi connectivity index (χ1n) is 11.1. The number of rotatable bonds is 4. The van der Waals surface area contributed by atoms with Gasteiger partial charge in [0, 0.05) is 41.5 Å². The van der Waals surface area contributed by atoms with Gasteiger partial charge in [-0.15, -0.1) is 0 Å². The van der Waals surface area contributed by atoms with E-state index >= 15 is 0 Å². The maximum Gasteiger partial charge on any atom is 0.255 e. The highest BCUT2D eigenvalue weighted by Crippen LogP contribution is 2.41. The number of anilines is 1. The number of hydrogen-bond acceptors (Lipinski definition) is 3. The van der Waals surface area contributed by atoms with Gasteiger partial charge in [-0.25, -0.2) is 0 Å². The van der Waals surface area contributed by atoms with Crippen LogP contribution in [0, 0.1) is 5.41 Å². The van der Waals surface area contributed by atoms with Crippen LogP contribution in [0.2, 0.25) is 0 Å². The Hall–Kier alpha value is -3.41. The molecule has 5 rings (SSSR count). The molecule has 0 saturated carbocycles. The fraction of sp³-hybridized carbons (Fsp3) is 0.346. The number of carbonyl (C=O) groups is 2. The number of aromatic nitrogens is 2. The third-order valence-corrected chi connectivity index (χ3v) is 6.66. The Morgan fingerprint density at radius 1 is 1.16 bits per heavy atom. The van der Waals surface area contributed by atoms with E-state index in [4.69, 9.17) is 0 Å². The Morgan fingerprint density at radius 3 is 2.62 bits per heavy atom. The molecule has 6 heteroatoms. The number of benzene rings is 2. The Kier molecular flexibility index (Phi) is 4.69. The zero-order valence-corrected chi connectivity index (χ0v) is 19.0. The summed E-state index contributed by atoms with van der Waals surface area (Å²) in [5, 5.41) is 10.6. The quantitative estimate of drug-likeness (QED) is 0.622. The lowest BCUT2D eigenvalue weighted by atomic mass is 9.90. The van der Waals surface area contributed by atoms with Crippen molar-refractivity contribution >= 4 is 17.5 Å². The van der Waals surface area contributed by atoms with Crippen LogP contribution in [0.5, 0.6) is 0 Å². The third-order valence-electron chi connectivity index (χ3n) is 6.66. The molecule has 1 aliphatic heterocycles. The van der Waals surface area contributed by atoms with E-state index < -0.39 is 0 Å². The number of nitrogens with one attached hydrogen (secondary N) is 2. The molecule has 0 unspecified atom stereocenters. The van der Waals surface area contributed by atoms with Crippen molar-refractivity contribution in [1.29, 1.82) is 0 Å². The molecular weight excluding hydrogens is 400 g/mol. The lowest BCUT2D eigenvalue weighted by Gasteiger charge is -2.25. The van der Waals surface area contributed by atoms with Crippen LogP contribution in [0.1, 0.15) is 66.5 Å². The van der Waals surface area contributed by atoms with Crippen molar-refractivity contribution in [3.8, 4) is 11.3 Å². The zero-order valence-electron chi connectivity index (χ0n) is 19.0. The van der Waals surface area contributed by atoms with Crippen LogP contribution in [-0.4, -0.2) is 26.9 Å². The first kappa shape index (κ1) is 20.5. The Bertz CT molecular complexity index is 1220. The van der Waals surface area contributed by atoms with Gasteiger partial charge < -0.3 is 10.2 Å². The summed E-state index contributed by atoms with van der Waals surface area (Å²) >= 11 is 0. The highest BCUT2D eigenvalue weighted by Gasteiger charge is 2.34. The van der Waals surface area contributed by atoms with Crippen molar-refractivity contribution in [2.75, 3.05) is 5.32 Å². The lowest BCUT2D eigenvalue weighted by molar-refractivity contribution is -0.114. The highest BCUT2D eigenvalue weighted by atomic mass is 16.2. The summed E-state index contributed by atoms with van der Waals surface area (Å²) in [4.78, 5) is 26.3. The first-order valence-corrected chi connectivity index (χ1v) is 11.1. The van der Waals surface area contributed by atoms with E-state index in [1.54, 1.807) is 0 Å². The predicted octanol–water partition coefficient (Wildman–Crippen LogP) is 4.88. The zero-order chi connectivity index (χ0) is 22.6. The number of nitrogens with zero attached hydrogens (tertiary/aromatic N) is 2. The highest BCUT2D eigenvalue weighted by molar-refractivity contribution is 5.99. The molecule has 0 radical (unpaired) electrons. The van der Waals surface area contributed by atoms with Crippen molar-refractivity contribution in [1.82, 2.24) is 15.1 Å². The Morgan fingerprint density at radius 2 is 1.91 bits per heavy atom. The molecule has 32 heavy (non-hydrogen) atoms. The van der Waals surface area contributed by atoms with Crippen LogP contribution >= 0.6 is 0 Å². The van der Waals surface area contributed by atoms with Crippen LogP contribution in [0.15, 0.2) is 42.5 Å². The number of amides is 2. The van der Waals surface area contributed by atoms with Crippen molar-refractivity contribution < 1.29 is 9.59 Å². The molecule has 0 spiro atoms. The van der Waals surface area contributed by atoms with Crippen LogP contribution in [-0.2, 0) is 24.2 Å². The van der Waals surface area contributed by atoms with Crippen LogP contribution < -0.4 is 5.32 Å². The molecule has 2 aromatic carbocycles. The molecular formula is C26H28N4O2. The van der Waals surface area contributed by atoms with E-state index in [1.165, 1.54) is 18.2 Å². The second-order valence-electron chi connectivity index (χ2n) is 9.83. The summed E-state index contributed by atoms with van der Waals surface area (Å²) in [6, 6.07) is 13.7. The molecule has 0 saturated heterocycles. The van der Waals surface area contributed by atoms with Gasteiger partial charge in [-0.3, -0.25) is 14.7 Å². The molecule has 1 atom stereocenters. The molecule has 2 aliphatic rings. The Balaban J connectivity index is 1.38. The fourth-order valence-electron chi connectivity index (χ4n) is 5.03. The molecule has 2 amide bonds. The monoisotopic (exact) mass is 428 g/mol. The molecule has 0 fully saturated rings. The SMILES string of the molecule is CC(=O)Nc1ccc([C@@H](C)N2Cc3cc(-c4n[nH]c5c4CC(C)(C)C5)ccc3C2=O)cc1. The van der Waals surface area contributed by atoms with E-state index in [0.29, 0.717) is 6.54 Å². The number of fused-ring (bicyclic) bond motifs is 2. The molecule has 2 heterocycles. The van der Waals surface area contributed by atoms with Crippen molar-refractivity contribution in [3.05, 3.63) is 70.4 Å². The summed E-state index contributed by atoms with van der Waals surface area (Å²) in [5.74, 6) is -0.0451. The van der Waals surface area contributed by atoms with E-state index in [0.717, 1.165) is 46.5 Å². The molecule has 164 valence electrons. The average Bonchev–Trinajstić information content (AvgIpc) is 3.36. The molecule has 1 aromatic heterocycles. The minimum Gasteiger partial charge on any atom is -0.328 e. The topological polar surface area (TPSA) is 78.1 Å². The summed E-state index contributed by atoms with van der Waals surface area (Å²) < 4.78 is 0. The largest absolute Gasteiger partial charge is 0.328 e. The lowest BCUT2D eigenvalue weighted by Crippen LogP contribution is -2.27. The van der Waals surface area contributed by atoms with Gasteiger partial charge in [-0.05, 0) is 60.6 Å². The van der Waals surface area contributed by atoms with Gasteiger partial charge in [0.25, 0.3) is 5.91 Å². The van der Waals surface area contributed by atoms with Gasteiger partial charge in [0.2, 0.25) is 5.91 Å². The second kappa shape index (κ2) is 7.33. The minimum absolute atomic E-state index is 0.0541. The van der Waals surface area contributed by atoms with Crippen LogP contribution in [0.25, 0.3) is 11.3 Å². The summed E-state index contributed by atoms with van der Waals surface area (Å²) in [6.45, 7) is 8.68. The minimum atomic E-state index is -0.0992. The normalized spacial score (nSPS) is 17.2. The van der Waals surface area contributed by atoms with Crippen LogP contribution in [0.3, 0.4) is 0 Å². The molecule has 1 aliphatic carbocycles. The number of carbonyl (C=O) groups excluding carboxylic acids is 2. The smallest absolute Gasteiger partial charge is 0.255 e. The second-order valence-corrected chi connectivity index (χ2v) is 9.83. The molecule has 3 aromatic rings. The van der Waals surface area contributed by atoms with Crippen molar-refractivity contribution in [3.63, 3.8) is 0 Å². The predicted molar refractivity (Wildman–Crippen MR) is 124 cm³/mol. The fourth-order valence-corrected chi connectivity index (χ4v) is 5.03. The van der Waals surface area contributed by atoms with Gasteiger partial charge in [0.05, 0.1) is 11.7 Å². The van der Waals surface area contributed by atoms with Crippen LogP contribution in [0.4, 0.5) is 5.69 Å². The van der Waals surface area contributed by atoms with Crippen molar-refractivity contribution in [2.24, 2.45) is 5.41 Å². The van der Waals surface area contributed by atoms with Gasteiger partial charge in [-0.2, -0.15) is 5.10 Å². The Labute approximate surface area is 188 Å². The van der Waals surface area contributed by atoms with E-state index in [9.17, 15) is 9.59 Å². The summed E-state index contributed by atoms with van der Waals surface area (Å²) in [6.07, 6.45) is 2.03. The molecule has 0 bridgehead atoms. The maximum absolute atomic E-state index is 13.1. The van der Waals surface area contributed by atoms with Gasteiger partial charge in [0.15, 0.2) is 0 Å². The van der Waals surface area contributed by atoms with Crippen molar-refractivity contribution in [2.45, 2.75) is 53.1 Å². The number of H-pyrrole nitrogens is 1. The summed E-state index contributed by atoms with van der Waals surface area (Å²) in [7, 11) is 0. The summed E-state index contributed by atoms with van der Waals surface area (Å²) in [5.41, 5.74) is 8.49. The third kappa shape index (κ3) is 3.49. The molecule has 2 N–H and O–H groups in total. The number of aromatic amines is 1. The van der Waals surface area contributed by atoms with Gasteiger partial charge in [-0.1, -0.05) is 32.0 Å². The molecule has 6 nitrogen and oxygen atoms in total. The average molecular weight is 429 g/mol.